The number of halogens is 1. The van der Waals surface area contributed by atoms with Crippen LogP contribution in [-0.4, -0.2) is 53.3 Å². The quantitative estimate of drug-likeness (QED) is 0.357. The maximum absolute atomic E-state index is 8.52. The Labute approximate surface area is 73.0 Å². The summed E-state index contributed by atoms with van der Waals surface area (Å²) in [6.07, 6.45) is 0. The summed E-state index contributed by atoms with van der Waals surface area (Å²) in [4.78, 5) is 0. The fraction of sp³-hybridized carbons (Fsp3) is 0. The van der Waals surface area contributed by atoms with Crippen molar-refractivity contribution in [1.29, 1.82) is 0 Å². The van der Waals surface area contributed by atoms with Crippen molar-refractivity contribution in [2.75, 3.05) is 0 Å². The van der Waals surface area contributed by atoms with Gasteiger partial charge >= 0.3 is 37.7 Å². The average Bonchev–Trinajstić information content (AvgIpc) is 0.811. The van der Waals surface area contributed by atoms with E-state index < -0.39 is 10.8 Å². The molecule has 0 aliphatic heterocycles. The van der Waals surface area contributed by atoms with Gasteiger partial charge < -0.3 is 20.3 Å². The number of hydrogen-bond donors (Lipinski definition) is 1. The summed E-state index contributed by atoms with van der Waals surface area (Å²) in [5.41, 5.74) is 0. The fourth-order valence-electron chi connectivity index (χ4n) is 0. The molecule has 7 heteroatoms. The number of rotatable bonds is 0. The first-order valence-electron chi connectivity index (χ1n) is 0.478. The molecule has 0 aliphatic rings. The van der Waals surface area contributed by atoms with E-state index in [4.69, 9.17) is 14.0 Å². The van der Waals surface area contributed by atoms with Crippen LogP contribution in [0.1, 0.15) is 0 Å². The maximum atomic E-state index is 8.52. The minimum absolute atomic E-state index is 0. The van der Waals surface area contributed by atoms with Crippen molar-refractivity contribution in [2.24, 2.45) is 0 Å². The zero-order chi connectivity index (χ0) is 3.58. The molecule has 0 saturated heterocycles. The Hall–Kier alpha value is 1.35. The van der Waals surface area contributed by atoms with Crippen LogP contribution in [0.2, 0.25) is 0 Å². The van der Waals surface area contributed by atoms with Crippen LogP contribution in [0, 0.1) is 10.8 Å². The Balaban J connectivity index is -0.0000000150. The monoisotopic (exact) mass is 162 g/mol. The van der Waals surface area contributed by atoms with E-state index in [2.05, 4.69) is 0 Å². The van der Waals surface area contributed by atoms with E-state index in [1.807, 2.05) is 0 Å². The molecule has 5 nitrogen and oxygen atoms in total. The van der Waals surface area contributed by atoms with Crippen LogP contribution in [0.25, 0.3) is 0 Å². The summed E-state index contributed by atoms with van der Waals surface area (Å²) >= 11 is 0. The van der Waals surface area contributed by atoms with E-state index >= 15 is 0 Å². The van der Waals surface area contributed by atoms with Gasteiger partial charge in [0.2, 0.25) is 0 Å². The molecule has 0 aromatic rings. The molecule has 7 heavy (non-hydrogen) atoms. The standard InChI is InChI=1S/Ca.ClHO3.2H2O.2H/c;2-1(3)4;;;;/h;2H;2*1H2;;. The predicted octanol–water partition coefficient (Wildman–Crippen LogP) is -5.50. The third-order valence-corrected chi connectivity index (χ3v) is 0. The van der Waals surface area contributed by atoms with Gasteiger partial charge in [-0.05, 0) is 0 Å². The molecular weight excluding hydrogens is 156 g/mol. The first-order valence-corrected chi connectivity index (χ1v) is 1.43. The van der Waals surface area contributed by atoms with Crippen molar-refractivity contribution in [2.45, 2.75) is 0 Å². The Morgan fingerprint density at radius 1 is 1.14 bits per heavy atom. The molecule has 0 rings (SSSR count). The Morgan fingerprint density at radius 3 is 1.14 bits per heavy atom. The van der Waals surface area contributed by atoms with Crippen LogP contribution in [0.15, 0.2) is 0 Å². The van der Waals surface area contributed by atoms with Crippen molar-refractivity contribution in [1.82, 2.24) is 0 Å². The zero-order valence-electron chi connectivity index (χ0n) is 2.64. The van der Waals surface area contributed by atoms with Gasteiger partial charge in [-0.3, -0.25) is 0 Å². The van der Waals surface area contributed by atoms with Gasteiger partial charge in [-0.1, -0.05) is 0 Å². The van der Waals surface area contributed by atoms with Crippen LogP contribution < -0.4 is 9.32 Å². The van der Waals surface area contributed by atoms with Crippen molar-refractivity contribution < 1.29 is 35.7 Å². The van der Waals surface area contributed by atoms with Crippen molar-refractivity contribution in [3.05, 3.63) is 0 Å². The molecule has 0 saturated carbocycles. The molecule has 0 unspecified atom stereocenters. The molecule has 0 heterocycles. The normalized spacial score (nSPS) is 5.14. The third kappa shape index (κ3) is 115. The molecule has 0 aromatic carbocycles. The Morgan fingerprint density at radius 2 is 1.14 bits per heavy atom. The van der Waals surface area contributed by atoms with Crippen molar-refractivity contribution in [3.63, 3.8) is 0 Å². The first-order chi connectivity index (χ1) is 1.73. The van der Waals surface area contributed by atoms with E-state index in [1.54, 1.807) is 0 Å². The minimum Gasteiger partial charge on any atom is -0.321 e. The molecule has 0 amide bonds. The van der Waals surface area contributed by atoms with Crippen LogP contribution in [0.3, 0.4) is 0 Å². The van der Waals surface area contributed by atoms with Crippen molar-refractivity contribution in [3.8, 4) is 0 Å². The van der Waals surface area contributed by atoms with Gasteiger partial charge in [0, 0.05) is 4.66 Å². The van der Waals surface area contributed by atoms with Gasteiger partial charge in [-0.25, -0.2) is 0 Å². The van der Waals surface area contributed by atoms with Crippen LogP contribution in [0.4, 0.5) is 0 Å². The maximum Gasteiger partial charge on any atom is 0.282 e. The second kappa shape index (κ2) is 15.7. The molecule has 0 aliphatic carbocycles. The molecule has 0 fully saturated rings. The second-order valence-corrected chi connectivity index (χ2v) is 0.603. The van der Waals surface area contributed by atoms with Gasteiger partial charge in [0.05, 0.1) is 0 Å². The summed E-state index contributed by atoms with van der Waals surface area (Å²) in [5.74, 6) is 0. The van der Waals surface area contributed by atoms with E-state index in [-0.39, 0.29) is 48.7 Å². The SMILES string of the molecule is O.O.[CaH2].[O-][Cl+2]([O-])O. The summed E-state index contributed by atoms with van der Waals surface area (Å²) < 4.78 is 24.0. The molecular formula is H7CaClO5. The minimum atomic E-state index is -2.60. The molecule has 46 valence electrons. The van der Waals surface area contributed by atoms with Gasteiger partial charge in [0.15, 0.2) is 0 Å². The smallest absolute Gasteiger partial charge is 0.282 e. The summed E-state index contributed by atoms with van der Waals surface area (Å²) in [5, 5.41) is 0. The topological polar surface area (TPSA) is 129 Å². The molecule has 0 spiro atoms. The van der Waals surface area contributed by atoms with E-state index in [1.165, 1.54) is 0 Å². The van der Waals surface area contributed by atoms with Gasteiger partial charge in [-0.15, -0.1) is 0 Å². The Kier molecular flexibility index (Phi) is 53.3. The fourth-order valence-corrected chi connectivity index (χ4v) is 0. The summed E-state index contributed by atoms with van der Waals surface area (Å²) in [7, 11) is -2.60. The predicted molar refractivity (Wildman–Crippen MR) is 18.0 cm³/mol. The van der Waals surface area contributed by atoms with Crippen LogP contribution in [-0.2, 0) is 0 Å². The van der Waals surface area contributed by atoms with E-state index in [9.17, 15) is 0 Å². The molecule has 0 aromatic heterocycles. The zero-order valence-corrected chi connectivity index (χ0v) is 3.40. The van der Waals surface area contributed by atoms with Gasteiger partial charge in [0.1, 0.15) is 0 Å². The second-order valence-electron chi connectivity index (χ2n) is 0.201. The van der Waals surface area contributed by atoms with Crippen molar-refractivity contribution >= 4 is 37.7 Å². The Bertz CT molecular complexity index is 12.8. The number of hydrogen-bond acceptors (Lipinski definition) is 3. The summed E-state index contributed by atoms with van der Waals surface area (Å²) in [6.45, 7) is 0. The average molecular weight is 163 g/mol. The van der Waals surface area contributed by atoms with Gasteiger partial charge in [-0.2, -0.15) is 0 Å². The largest absolute Gasteiger partial charge is 0.321 e. The van der Waals surface area contributed by atoms with Gasteiger partial charge in [0.25, 0.3) is 10.8 Å². The van der Waals surface area contributed by atoms with Crippen LogP contribution >= 0.6 is 0 Å². The van der Waals surface area contributed by atoms with E-state index in [0.717, 1.165) is 0 Å². The van der Waals surface area contributed by atoms with E-state index in [0.29, 0.717) is 0 Å². The summed E-state index contributed by atoms with van der Waals surface area (Å²) in [6, 6.07) is 0. The molecule has 0 bridgehead atoms. The van der Waals surface area contributed by atoms with Crippen LogP contribution in [0.5, 0.6) is 0 Å². The molecule has 5 N–H and O–H groups in total. The molecule has 0 atom stereocenters. The first kappa shape index (κ1) is 23.8. The molecule has 0 radical (unpaired) electrons. The third-order valence-electron chi connectivity index (χ3n) is 0.